The Balaban J connectivity index is 2.08. The molecule has 0 unspecified atom stereocenters. The van der Waals surface area contributed by atoms with Crippen molar-refractivity contribution in [3.8, 4) is 5.75 Å². The van der Waals surface area contributed by atoms with Gasteiger partial charge in [-0.2, -0.15) is 4.31 Å². The lowest BCUT2D eigenvalue weighted by Gasteiger charge is -2.34. The Bertz CT molecular complexity index is 1010. The second-order valence-corrected chi connectivity index (χ2v) is 10.1. The molecule has 1 aliphatic rings. The van der Waals surface area contributed by atoms with Crippen LogP contribution in [-0.2, 0) is 32.6 Å². The summed E-state index contributed by atoms with van der Waals surface area (Å²) in [6.45, 7) is 8.27. The smallest absolute Gasteiger partial charge is 0.247 e. The quantitative estimate of drug-likeness (QED) is 0.667. The van der Waals surface area contributed by atoms with E-state index in [0.717, 1.165) is 11.6 Å². The van der Waals surface area contributed by atoms with Gasteiger partial charge in [-0.15, -0.1) is 0 Å². The summed E-state index contributed by atoms with van der Waals surface area (Å²) < 4.78 is 60.2. The van der Waals surface area contributed by atoms with Gasteiger partial charge in [0, 0.05) is 12.7 Å². The highest BCUT2D eigenvalue weighted by molar-refractivity contribution is 7.89. The molecule has 0 amide bonds. The molecule has 0 saturated heterocycles. The second-order valence-electron chi connectivity index (χ2n) is 8.28. The van der Waals surface area contributed by atoms with Gasteiger partial charge in [0.05, 0.1) is 43.8 Å². The fraction of sp³-hybridized carbons (Fsp3) is 0.500. The van der Waals surface area contributed by atoms with Crippen molar-refractivity contribution in [2.24, 2.45) is 0 Å². The van der Waals surface area contributed by atoms with Crippen molar-refractivity contribution < 1.29 is 27.0 Å². The zero-order chi connectivity index (χ0) is 22.6. The average Bonchev–Trinajstić information content (AvgIpc) is 2.68. The van der Waals surface area contributed by atoms with Gasteiger partial charge < -0.3 is 14.2 Å². The molecule has 2 aromatic rings. The van der Waals surface area contributed by atoms with E-state index in [0.29, 0.717) is 5.69 Å². The van der Waals surface area contributed by atoms with E-state index in [9.17, 15) is 12.8 Å². The molecule has 0 fully saturated rings. The standard InChI is InChI=1S/C22H29FN2O5S/c1-5-29-20-9-8-17(23)11-21(20)31(26,27)25-12-16-7-6-10-24-19(16)15-28-13-18(25)14-30-22(2,3)4/h6-11,18H,5,12-15H2,1-4H3/t18-/m0/s1. The summed E-state index contributed by atoms with van der Waals surface area (Å²) in [4.78, 5) is 4.10. The van der Waals surface area contributed by atoms with E-state index in [4.69, 9.17) is 14.2 Å². The third-order valence-corrected chi connectivity index (χ3v) is 6.69. The summed E-state index contributed by atoms with van der Waals surface area (Å²) in [7, 11) is -4.16. The molecule has 0 spiro atoms. The van der Waals surface area contributed by atoms with Crippen molar-refractivity contribution in [2.45, 2.75) is 57.4 Å². The molecular formula is C22H29FN2O5S. The molecule has 1 aromatic carbocycles. The number of benzene rings is 1. The first-order chi connectivity index (χ1) is 14.6. The number of ether oxygens (including phenoxy) is 3. The summed E-state index contributed by atoms with van der Waals surface area (Å²) in [6.07, 6.45) is 1.64. The van der Waals surface area contributed by atoms with Crippen LogP contribution in [0.15, 0.2) is 41.4 Å². The minimum atomic E-state index is -4.16. The number of nitrogens with zero attached hydrogens (tertiary/aromatic N) is 2. The summed E-state index contributed by atoms with van der Waals surface area (Å²) in [5.41, 5.74) is 0.926. The van der Waals surface area contributed by atoms with E-state index in [1.165, 1.54) is 16.4 Å². The van der Waals surface area contributed by atoms with Crippen LogP contribution in [0.25, 0.3) is 0 Å². The summed E-state index contributed by atoms with van der Waals surface area (Å²) in [6, 6.07) is 6.46. The van der Waals surface area contributed by atoms with Crippen molar-refractivity contribution in [3.63, 3.8) is 0 Å². The molecule has 0 saturated carbocycles. The average molecular weight is 453 g/mol. The molecular weight excluding hydrogens is 423 g/mol. The zero-order valence-corrected chi connectivity index (χ0v) is 19.1. The lowest BCUT2D eigenvalue weighted by Crippen LogP contribution is -2.47. The Kier molecular flexibility index (Phi) is 7.31. The Labute approximate surface area is 183 Å². The van der Waals surface area contributed by atoms with Gasteiger partial charge in [0.1, 0.15) is 16.5 Å². The highest BCUT2D eigenvalue weighted by atomic mass is 32.2. The van der Waals surface area contributed by atoms with Gasteiger partial charge >= 0.3 is 0 Å². The van der Waals surface area contributed by atoms with E-state index in [-0.39, 0.29) is 43.6 Å². The van der Waals surface area contributed by atoms with E-state index in [1.807, 2.05) is 26.8 Å². The van der Waals surface area contributed by atoms with Crippen molar-refractivity contribution in [3.05, 3.63) is 53.6 Å². The van der Waals surface area contributed by atoms with Crippen molar-refractivity contribution in [1.82, 2.24) is 9.29 Å². The van der Waals surface area contributed by atoms with Crippen LogP contribution in [-0.4, -0.2) is 49.2 Å². The third-order valence-electron chi connectivity index (χ3n) is 4.77. The molecule has 0 radical (unpaired) electrons. The molecule has 7 nitrogen and oxygen atoms in total. The molecule has 0 bridgehead atoms. The van der Waals surface area contributed by atoms with Gasteiger partial charge in [0.15, 0.2) is 0 Å². The first-order valence-corrected chi connectivity index (χ1v) is 11.6. The number of fused-ring (bicyclic) bond motifs is 1. The zero-order valence-electron chi connectivity index (χ0n) is 18.3. The van der Waals surface area contributed by atoms with Crippen molar-refractivity contribution >= 4 is 10.0 Å². The normalized spacial score (nSPS) is 18.2. The number of halogens is 1. The van der Waals surface area contributed by atoms with Crippen LogP contribution in [0.3, 0.4) is 0 Å². The molecule has 170 valence electrons. The molecule has 3 rings (SSSR count). The number of rotatable bonds is 6. The molecule has 1 atom stereocenters. The van der Waals surface area contributed by atoms with Crippen molar-refractivity contribution in [1.29, 1.82) is 0 Å². The summed E-state index contributed by atoms with van der Waals surface area (Å²) in [5, 5.41) is 0. The summed E-state index contributed by atoms with van der Waals surface area (Å²) in [5.74, 6) is -0.552. The second kappa shape index (κ2) is 9.60. The van der Waals surface area contributed by atoms with Crippen LogP contribution < -0.4 is 4.74 Å². The number of pyridine rings is 1. The fourth-order valence-corrected chi connectivity index (χ4v) is 4.98. The van der Waals surface area contributed by atoms with E-state index in [1.54, 1.807) is 19.2 Å². The lowest BCUT2D eigenvalue weighted by molar-refractivity contribution is -0.0462. The van der Waals surface area contributed by atoms with E-state index < -0.39 is 27.5 Å². The maximum atomic E-state index is 14.1. The largest absolute Gasteiger partial charge is 0.492 e. The molecule has 9 heteroatoms. The molecule has 2 heterocycles. The predicted octanol–water partition coefficient (Wildman–Crippen LogP) is 3.52. The number of aromatic nitrogens is 1. The third kappa shape index (κ3) is 5.79. The van der Waals surface area contributed by atoms with Crippen LogP contribution in [0.5, 0.6) is 5.75 Å². The summed E-state index contributed by atoms with van der Waals surface area (Å²) >= 11 is 0. The van der Waals surface area contributed by atoms with Gasteiger partial charge in [0.2, 0.25) is 10.0 Å². The molecule has 0 aliphatic carbocycles. The van der Waals surface area contributed by atoms with Gasteiger partial charge in [-0.1, -0.05) is 6.07 Å². The minimum absolute atomic E-state index is 0.0646. The molecule has 31 heavy (non-hydrogen) atoms. The highest BCUT2D eigenvalue weighted by Gasteiger charge is 2.36. The maximum absolute atomic E-state index is 14.1. The van der Waals surface area contributed by atoms with E-state index >= 15 is 0 Å². The first kappa shape index (κ1) is 23.6. The van der Waals surface area contributed by atoms with Gasteiger partial charge in [-0.3, -0.25) is 4.98 Å². The fourth-order valence-electron chi connectivity index (χ4n) is 3.26. The minimum Gasteiger partial charge on any atom is -0.492 e. The van der Waals surface area contributed by atoms with Gasteiger partial charge in [0.25, 0.3) is 0 Å². The van der Waals surface area contributed by atoms with Crippen LogP contribution in [0.1, 0.15) is 39.0 Å². The number of hydrogen-bond acceptors (Lipinski definition) is 6. The first-order valence-electron chi connectivity index (χ1n) is 10.2. The van der Waals surface area contributed by atoms with Gasteiger partial charge in [-0.25, -0.2) is 12.8 Å². The number of sulfonamides is 1. The predicted molar refractivity (Wildman–Crippen MR) is 114 cm³/mol. The van der Waals surface area contributed by atoms with Crippen LogP contribution in [0, 0.1) is 5.82 Å². The van der Waals surface area contributed by atoms with Crippen LogP contribution in [0.2, 0.25) is 0 Å². The maximum Gasteiger partial charge on any atom is 0.247 e. The lowest BCUT2D eigenvalue weighted by atomic mass is 10.1. The Morgan fingerprint density at radius 1 is 1.29 bits per heavy atom. The van der Waals surface area contributed by atoms with Crippen LogP contribution >= 0.6 is 0 Å². The SMILES string of the molecule is CCOc1ccc(F)cc1S(=O)(=O)N1Cc2cccnc2COC[C@H]1COC(C)(C)C. The van der Waals surface area contributed by atoms with Gasteiger partial charge in [-0.05, 0) is 57.5 Å². The van der Waals surface area contributed by atoms with Crippen LogP contribution in [0.4, 0.5) is 4.39 Å². The Morgan fingerprint density at radius 2 is 2.06 bits per heavy atom. The number of hydrogen-bond donors (Lipinski definition) is 0. The molecule has 1 aliphatic heterocycles. The topological polar surface area (TPSA) is 78.0 Å². The Hall–Kier alpha value is -2.07. The molecule has 0 N–H and O–H groups in total. The monoisotopic (exact) mass is 452 g/mol. The van der Waals surface area contributed by atoms with E-state index in [2.05, 4.69) is 4.98 Å². The molecule has 1 aromatic heterocycles. The van der Waals surface area contributed by atoms with Crippen molar-refractivity contribution in [2.75, 3.05) is 19.8 Å². The highest BCUT2D eigenvalue weighted by Crippen LogP contribution is 2.31. The Morgan fingerprint density at radius 3 is 2.77 bits per heavy atom.